The largest absolute Gasteiger partial charge is 0.416 e. The van der Waals surface area contributed by atoms with Crippen LogP contribution in [-0.4, -0.2) is 41.5 Å². The Balaban J connectivity index is 1.75. The second kappa shape index (κ2) is 5.85. The Labute approximate surface area is 135 Å². The van der Waals surface area contributed by atoms with Crippen molar-refractivity contribution in [2.75, 3.05) is 25.0 Å². The molecule has 2 saturated heterocycles. The van der Waals surface area contributed by atoms with E-state index in [2.05, 4.69) is 5.32 Å². The molecule has 3 rings (SSSR count). The van der Waals surface area contributed by atoms with E-state index in [-0.39, 0.29) is 12.0 Å². The number of anilines is 1. The summed E-state index contributed by atoms with van der Waals surface area (Å²) in [5.41, 5.74) is -1.54. The lowest BCUT2D eigenvalue weighted by Crippen LogP contribution is -2.41. The molecule has 5 nitrogen and oxygen atoms in total. The minimum Gasteiger partial charge on any atom is -0.319 e. The average molecular weight is 342 g/mol. The highest BCUT2D eigenvalue weighted by Gasteiger charge is 2.43. The number of hydrogen-bond acceptors (Lipinski definition) is 3. The molecule has 0 aromatic heterocycles. The predicted molar refractivity (Wildman–Crippen MR) is 76.2 cm³/mol. The van der Waals surface area contributed by atoms with Crippen molar-refractivity contribution < 1.29 is 22.4 Å². The van der Waals surface area contributed by atoms with Crippen LogP contribution < -0.4 is 5.32 Å². The fraction of sp³-hybridized carbons (Fsp3) is 0.467. The van der Waals surface area contributed by atoms with Crippen LogP contribution in [0.3, 0.4) is 0 Å². The second-order valence-corrected chi connectivity index (χ2v) is 5.94. The van der Waals surface area contributed by atoms with Gasteiger partial charge >= 0.3 is 12.2 Å². The normalized spacial score (nSPS) is 23.1. The lowest BCUT2D eigenvalue weighted by molar-refractivity contribution is -0.137. The Morgan fingerprint density at radius 3 is 2.75 bits per heavy atom. The molecule has 9 heteroatoms. The first-order chi connectivity index (χ1) is 11.3. The molecule has 24 heavy (non-hydrogen) atoms. The Hall–Kier alpha value is -2.50. The maximum absolute atomic E-state index is 13.7. The summed E-state index contributed by atoms with van der Waals surface area (Å²) in [6.07, 6.45) is -1.89. The van der Waals surface area contributed by atoms with E-state index in [0.29, 0.717) is 44.3 Å². The second-order valence-electron chi connectivity index (χ2n) is 5.94. The summed E-state index contributed by atoms with van der Waals surface area (Å²) < 4.78 is 51.9. The first-order valence-corrected chi connectivity index (χ1v) is 7.38. The lowest BCUT2D eigenvalue weighted by atomic mass is 10.1. The minimum absolute atomic E-state index is 0.154. The molecule has 1 N–H and O–H groups in total. The van der Waals surface area contributed by atoms with Crippen molar-refractivity contribution in [3.8, 4) is 6.19 Å². The first kappa shape index (κ1) is 16.4. The van der Waals surface area contributed by atoms with Crippen molar-refractivity contribution in [2.45, 2.75) is 18.6 Å². The molecule has 2 heterocycles. The fourth-order valence-electron chi connectivity index (χ4n) is 3.28. The van der Waals surface area contributed by atoms with E-state index in [1.54, 1.807) is 4.90 Å². The molecule has 2 aliphatic heterocycles. The van der Waals surface area contributed by atoms with Crippen molar-refractivity contribution >= 4 is 11.7 Å². The molecular weight excluding hydrogens is 328 g/mol. The first-order valence-electron chi connectivity index (χ1n) is 7.38. The molecule has 2 atom stereocenters. The SMILES string of the molecule is N#CN1C[C@H]2CCN(C(=O)Nc3cc(C(F)(F)F)ccc3F)[C@H]2C1. The van der Waals surface area contributed by atoms with Crippen molar-refractivity contribution in [3.63, 3.8) is 0 Å². The standard InChI is InChI=1S/C15H14F4N4O/c16-11-2-1-10(15(17,18)19)5-12(11)21-14(24)23-4-3-9-6-22(8-20)7-13(9)23/h1-2,5,9,13H,3-4,6-7H2,(H,21,24)/t9-,13+/m1/s1. The van der Waals surface area contributed by atoms with Gasteiger partial charge in [0, 0.05) is 25.6 Å². The third-order valence-corrected chi connectivity index (χ3v) is 4.49. The third kappa shape index (κ3) is 2.96. The number of likely N-dealkylation sites (tertiary alicyclic amines) is 2. The van der Waals surface area contributed by atoms with Gasteiger partial charge in [0.05, 0.1) is 17.3 Å². The van der Waals surface area contributed by atoms with E-state index >= 15 is 0 Å². The van der Waals surface area contributed by atoms with Crippen LogP contribution in [-0.2, 0) is 6.18 Å². The predicted octanol–water partition coefficient (Wildman–Crippen LogP) is 2.86. The minimum atomic E-state index is -4.62. The molecule has 0 saturated carbocycles. The highest BCUT2D eigenvalue weighted by atomic mass is 19.4. The molecule has 2 amide bonds. The number of urea groups is 1. The fourth-order valence-corrected chi connectivity index (χ4v) is 3.28. The molecule has 2 aliphatic rings. The van der Waals surface area contributed by atoms with Gasteiger partial charge in [-0.3, -0.25) is 0 Å². The van der Waals surface area contributed by atoms with Crippen molar-refractivity contribution in [1.29, 1.82) is 5.26 Å². The van der Waals surface area contributed by atoms with Gasteiger partial charge in [0.15, 0.2) is 6.19 Å². The number of rotatable bonds is 1. The molecule has 1 aromatic carbocycles. The van der Waals surface area contributed by atoms with E-state index in [0.717, 1.165) is 0 Å². The number of carbonyl (C=O) groups excluding carboxylic acids is 1. The zero-order valence-corrected chi connectivity index (χ0v) is 12.5. The molecule has 2 fully saturated rings. The molecule has 0 aliphatic carbocycles. The molecule has 0 spiro atoms. The van der Waals surface area contributed by atoms with Gasteiger partial charge in [-0.15, -0.1) is 0 Å². The van der Waals surface area contributed by atoms with Crippen LogP contribution in [0.4, 0.5) is 28.0 Å². The summed E-state index contributed by atoms with van der Waals surface area (Å²) in [7, 11) is 0. The summed E-state index contributed by atoms with van der Waals surface area (Å²) in [6, 6.07) is 1.05. The molecular formula is C15H14F4N4O. The number of nitrogens with one attached hydrogen (secondary N) is 1. The number of halogens is 4. The lowest BCUT2D eigenvalue weighted by Gasteiger charge is -2.24. The number of amides is 2. The third-order valence-electron chi connectivity index (χ3n) is 4.49. The van der Waals surface area contributed by atoms with Gasteiger partial charge in [-0.05, 0) is 24.6 Å². The summed E-state index contributed by atoms with van der Waals surface area (Å²) in [6.45, 7) is 1.38. The van der Waals surface area contributed by atoms with E-state index in [4.69, 9.17) is 5.26 Å². The van der Waals surface area contributed by atoms with Gasteiger partial charge in [-0.25, -0.2) is 9.18 Å². The summed E-state index contributed by atoms with van der Waals surface area (Å²) in [5.74, 6) is -0.779. The monoisotopic (exact) mass is 342 g/mol. The van der Waals surface area contributed by atoms with Crippen LogP contribution in [0.25, 0.3) is 0 Å². The topological polar surface area (TPSA) is 59.4 Å². The van der Waals surface area contributed by atoms with Crippen molar-refractivity contribution in [3.05, 3.63) is 29.6 Å². The van der Waals surface area contributed by atoms with Crippen LogP contribution in [0.5, 0.6) is 0 Å². The summed E-state index contributed by atoms with van der Waals surface area (Å²) in [5, 5.41) is 11.1. The molecule has 0 unspecified atom stereocenters. The van der Waals surface area contributed by atoms with Crippen molar-refractivity contribution in [2.24, 2.45) is 5.92 Å². The van der Waals surface area contributed by atoms with E-state index in [9.17, 15) is 22.4 Å². The number of benzene rings is 1. The number of nitriles is 1. The maximum Gasteiger partial charge on any atom is 0.416 e. The van der Waals surface area contributed by atoms with Crippen LogP contribution in [0.1, 0.15) is 12.0 Å². The van der Waals surface area contributed by atoms with Gasteiger partial charge < -0.3 is 15.1 Å². The molecule has 0 bridgehead atoms. The molecule has 1 aromatic rings. The Bertz CT molecular complexity index is 700. The zero-order valence-electron chi connectivity index (χ0n) is 12.5. The summed E-state index contributed by atoms with van der Waals surface area (Å²) >= 11 is 0. The van der Waals surface area contributed by atoms with E-state index in [1.165, 1.54) is 4.90 Å². The Morgan fingerprint density at radius 2 is 2.08 bits per heavy atom. The van der Waals surface area contributed by atoms with Gasteiger partial charge in [0.25, 0.3) is 0 Å². The number of hydrogen-bond donors (Lipinski definition) is 1. The van der Waals surface area contributed by atoms with Crippen LogP contribution in [0.2, 0.25) is 0 Å². The van der Waals surface area contributed by atoms with Gasteiger partial charge in [0.2, 0.25) is 0 Å². The number of nitrogens with zero attached hydrogens (tertiary/aromatic N) is 3. The van der Waals surface area contributed by atoms with Crippen LogP contribution in [0, 0.1) is 23.2 Å². The number of carbonyl (C=O) groups is 1. The van der Waals surface area contributed by atoms with Gasteiger partial charge in [0.1, 0.15) is 5.82 Å². The maximum atomic E-state index is 13.7. The van der Waals surface area contributed by atoms with Crippen LogP contribution >= 0.6 is 0 Å². The molecule has 128 valence electrons. The Kier molecular flexibility index (Phi) is 3.99. The zero-order chi connectivity index (χ0) is 17.5. The van der Waals surface area contributed by atoms with Gasteiger partial charge in [-0.1, -0.05) is 0 Å². The number of alkyl halides is 3. The highest BCUT2D eigenvalue weighted by molar-refractivity contribution is 5.90. The summed E-state index contributed by atoms with van der Waals surface area (Å²) in [4.78, 5) is 15.3. The average Bonchev–Trinajstić information content (AvgIpc) is 3.07. The molecule has 0 radical (unpaired) electrons. The van der Waals surface area contributed by atoms with E-state index in [1.807, 2.05) is 6.19 Å². The quantitative estimate of drug-likeness (QED) is 0.631. The number of fused-ring (bicyclic) bond motifs is 1. The smallest absolute Gasteiger partial charge is 0.319 e. The van der Waals surface area contributed by atoms with E-state index < -0.39 is 29.3 Å². The van der Waals surface area contributed by atoms with Crippen molar-refractivity contribution in [1.82, 2.24) is 9.80 Å². The highest BCUT2D eigenvalue weighted by Crippen LogP contribution is 2.33. The Morgan fingerprint density at radius 1 is 1.33 bits per heavy atom. The van der Waals surface area contributed by atoms with Crippen LogP contribution in [0.15, 0.2) is 18.2 Å². The van der Waals surface area contributed by atoms with Gasteiger partial charge in [-0.2, -0.15) is 18.4 Å².